The summed E-state index contributed by atoms with van der Waals surface area (Å²) < 4.78 is 25.3. The summed E-state index contributed by atoms with van der Waals surface area (Å²) in [4.78, 5) is 21.2. The maximum absolute atomic E-state index is 12.7. The summed E-state index contributed by atoms with van der Waals surface area (Å²) in [5.41, 5.74) is 0.870. The molecule has 26 heavy (non-hydrogen) atoms. The van der Waals surface area contributed by atoms with E-state index in [9.17, 15) is 13.2 Å². The average molecular weight is 373 g/mol. The molecule has 9 heteroatoms. The highest BCUT2D eigenvalue weighted by Crippen LogP contribution is 2.18. The summed E-state index contributed by atoms with van der Waals surface area (Å²) >= 11 is 0. The zero-order valence-corrected chi connectivity index (χ0v) is 15.3. The van der Waals surface area contributed by atoms with Gasteiger partial charge in [0.05, 0.1) is 10.5 Å². The Bertz CT molecular complexity index is 1060. The van der Waals surface area contributed by atoms with Gasteiger partial charge in [-0.1, -0.05) is 25.5 Å². The number of anilines is 1. The van der Waals surface area contributed by atoms with Gasteiger partial charge in [-0.2, -0.15) is 14.6 Å². The second kappa shape index (κ2) is 7.20. The summed E-state index contributed by atoms with van der Waals surface area (Å²) in [5.74, 6) is 0.243. The molecule has 0 aliphatic rings. The highest BCUT2D eigenvalue weighted by molar-refractivity contribution is 7.90. The van der Waals surface area contributed by atoms with Gasteiger partial charge in [0, 0.05) is 18.0 Å². The molecule has 2 heterocycles. The van der Waals surface area contributed by atoms with E-state index in [0.717, 1.165) is 31.2 Å². The first kappa shape index (κ1) is 18.0. The average Bonchev–Trinajstić information content (AvgIpc) is 3.08. The molecule has 1 amide bonds. The Morgan fingerprint density at radius 3 is 2.77 bits per heavy atom. The van der Waals surface area contributed by atoms with Crippen molar-refractivity contribution in [2.45, 2.75) is 31.1 Å². The Hall–Kier alpha value is -2.81. The van der Waals surface area contributed by atoms with Gasteiger partial charge < -0.3 is 5.32 Å². The summed E-state index contributed by atoms with van der Waals surface area (Å²) in [7, 11) is -3.53. The van der Waals surface area contributed by atoms with Crippen LogP contribution in [0.15, 0.2) is 41.6 Å². The number of nitrogens with one attached hydrogen (secondary N) is 1. The molecule has 0 bridgehead atoms. The molecule has 3 rings (SSSR count). The van der Waals surface area contributed by atoms with Crippen molar-refractivity contribution in [2.24, 2.45) is 0 Å². The molecule has 0 atom stereocenters. The number of rotatable bonds is 6. The standard InChI is InChI=1S/C17H19N5O3S/c1-3-4-7-12-10-15(22-17(20-12)18-11-19-22)21-16(23)13-8-5-6-9-14(13)26(2,24)25/h5-6,8-11H,3-4,7H2,1-2H3,(H,21,23). The molecule has 1 N–H and O–H groups in total. The number of amides is 1. The molecule has 0 radical (unpaired) electrons. The fraction of sp³-hybridized carbons (Fsp3) is 0.294. The van der Waals surface area contributed by atoms with Crippen LogP contribution in [0.3, 0.4) is 0 Å². The Balaban J connectivity index is 1.99. The van der Waals surface area contributed by atoms with Crippen molar-refractivity contribution in [1.82, 2.24) is 19.6 Å². The highest BCUT2D eigenvalue weighted by atomic mass is 32.2. The minimum atomic E-state index is -3.53. The van der Waals surface area contributed by atoms with E-state index in [-0.39, 0.29) is 10.5 Å². The monoisotopic (exact) mass is 373 g/mol. The van der Waals surface area contributed by atoms with E-state index in [1.165, 1.54) is 23.0 Å². The van der Waals surface area contributed by atoms with Gasteiger partial charge in [-0.15, -0.1) is 0 Å². The minimum absolute atomic E-state index is 0.0207. The van der Waals surface area contributed by atoms with E-state index in [2.05, 4.69) is 27.3 Å². The van der Waals surface area contributed by atoms with Crippen LogP contribution >= 0.6 is 0 Å². The van der Waals surface area contributed by atoms with E-state index in [0.29, 0.717) is 11.6 Å². The number of hydrogen-bond acceptors (Lipinski definition) is 6. The molecule has 0 unspecified atom stereocenters. The first-order valence-electron chi connectivity index (χ1n) is 8.20. The smallest absolute Gasteiger partial charge is 0.258 e. The second-order valence-electron chi connectivity index (χ2n) is 5.93. The molecule has 3 aromatic rings. The lowest BCUT2D eigenvalue weighted by Gasteiger charge is -2.11. The van der Waals surface area contributed by atoms with Gasteiger partial charge >= 0.3 is 0 Å². The van der Waals surface area contributed by atoms with Crippen LogP contribution in [0, 0.1) is 0 Å². The summed E-state index contributed by atoms with van der Waals surface area (Å²) in [5, 5.41) is 6.80. The Morgan fingerprint density at radius 1 is 1.27 bits per heavy atom. The summed E-state index contributed by atoms with van der Waals surface area (Å²) in [6.07, 6.45) is 5.16. The van der Waals surface area contributed by atoms with Crippen molar-refractivity contribution in [1.29, 1.82) is 0 Å². The van der Waals surface area contributed by atoms with Crippen molar-refractivity contribution in [3.05, 3.63) is 47.9 Å². The molecule has 8 nitrogen and oxygen atoms in total. The number of fused-ring (bicyclic) bond motifs is 1. The third kappa shape index (κ3) is 3.72. The van der Waals surface area contributed by atoms with Crippen molar-refractivity contribution >= 4 is 27.3 Å². The van der Waals surface area contributed by atoms with E-state index in [1.807, 2.05) is 0 Å². The largest absolute Gasteiger partial charge is 0.306 e. The number of benzene rings is 1. The van der Waals surface area contributed by atoms with Crippen LogP contribution in [-0.4, -0.2) is 40.2 Å². The quantitative estimate of drug-likeness (QED) is 0.709. The highest BCUT2D eigenvalue weighted by Gasteiger charge is 2.19. The Labute approximate surface area is 151 Å². The number of hydrogen-bond donors (Lipinski definition) is 1. The zero-order valence-electron chi connectivity index (χ0n) is 14.5. The lowest BCUT2D eigenvalue weighted by atomic mass is 10.2. The number of sulfone groups is 1. The number of nitrogens with zero attached hydrogens (tertiary/aromatic N) is 4. The first-order valence-corrected chi connectivity index (χ1v) is 10.1. The molecule has 0 saturated heterocycles. The number of carbonyl (C=O) groups is 1. The van der Waals surface area contributed by atoms with Crippen LogP contribution in [-0.2, 0) is 16.3 Å². The van der Waals surface area contributed by atoms with E-state index < -0.39 is 15.7 Å². The number of carbonyl (C=O) groups excluding carboxylic acids is 1. The number of aromatic nitrogens is 4. The number of unbranched alkanes of at least 4 members (excludes halogenated alkanes) is 1. The SMILES string of the molecule is CCCCc1cc(NC(=O)c2ccccc2S(C)(=O)=O)n2ncnc2n1. The molecular weight excluding hydrogens is 354 g/mol. The molecule has 0 spiro atoms. The molecule has 1 aromatic carbocycles. The topological polar surface area (TPSA) is 106 Å². The number of aryl methyl sites for hydroxylation is 1. The Kier molecular flexibility index (Phi) is 4.99. The molecule has 0 aliphatic heterocycles. The van der Waals surface area contributed by atoms with Crippen molar-refractivity contribution in [3.63, 3.8) is 0 Å². The molecule has 0 saturated carbocycles. The van der Waals surface area contributed by atoms with Crippen molar-refractivity contribution < 1.29 is 13.2 Å². The lowest BCUT2D eigenvalue weighted by molar-refractivity contribution is 0.102. The van der Waals surface area contributed by atoms with E-state index in [4.69, 9.17) is 0 Å². The first-order chi connectivity index (χ1) is 12.4. The van der Waals surface area contributed by atoms with E-state index >= 15 is 0 Å². The third-order valence-electron chi connectivity index (χ3n) is 3.86. The fourth-order valence-corrected chi connectivity index (χ4v) is 3.48. The van der Waals surface area contributed by atoms with Crippen LogP contribution in [0.4, 0.5) is 5.82 Å². The van der Waals surface area contributed by atoms with E-state index in [1.54, 1.807) is 18.2 Å². The summed E-state index contributed by atoms with van der Waals surface area (Å²) in [6, 6.07) is 7.82. The van der Waals surface area contributed by atoms with Gasteiger partial charge in [-0.3, -0.25) is 4.79 Å². The third-order valence-corrected chi connectivity index (χ3v) is 5.02. The van der Waals surface area contributed by atoms with Crippen LogP contribution in [0.25, 0.3) is 5.78 Å². The molecule has 0 fully saturated rings. The molecule has 2 aromatic heterocycles. The van der Waals surface area contributed by atoms with Gasteiger partial charge in [0.25, 0.3) is 11.7 Å². The van der Waals surface area contributed by atoms with Gasteiger partial charge in [0.2, 0.25) is 0 Å². The van der Waals surface area contributed by atoms with Gasteiger partial charge in [-0.05, 0) is 25.0 Å². The lowest BCUT2D eigenvalue weighted by Crippen LogP contribution is -2.18. The predicted octanol–water partition coefficient (Wildman–Crippen LogP) is 2.12. The zero-order chi connectivity index (χ0) is 18.7. The van der Waals surface area contributed by atoms with Crippen LogP contribution in [0.1, 0.15) is 35.8 Å². The minimum Gasteiger partial charge on any atom is -0.306 e. The van der Waals surface area contributed by atoms with Crippen LogP contribution in [0.2, 0.25) is 0 Å². The van der Waals surface area contributed by atoms with Crippen molar-refractivity contribution in [2.75, 3.05) is 11.6 Å². The molecule has 136 valence electrons. The second-order valence-corrected chi connectivity index (χ2v) is 7.91. The van der Waals surface area contributed by atoms with Crippen molar-refractivity contribution in [3.8, 4) is 0 Å². The molecular formula is C17H19N5O3S. The Morgan fingerprint density at radius 2 is 2.04 bits per heavy atom. The van der Waals surface area contributed by atoms with Crippen LogP contribution in [0.5, 0.6) is 0 Å². The van der Waals surface area contributed by atoms with Crippen LogP contribution < -0.4 is 5.32 Å². The normalized spacial score (nSPS) is 11.6. The maximum atomic E-state index is 12.7. The fourth-order valence-electron chi connectivity index (χ4n) is 2.60. The maximum Gasteiger partial charge on any atom is 0.258 e. The predicted molar refractivity (Wildman–Crippen MR) is 96.9 cm³/mol. The van der Waals surface area contributed by atoms with Gasteiger partial charge in [0.1, 0.15) is 12.1 Å². The van der Waals surface area contributed by atoms with Gasteiger partial charge in [0.15, 0.2) is 9.84 Å². The molecule has 0 aliphatic carbocycles. The summed E-state index contributed by atoms with van der Waals surface area (Å²) in [6.45, 7) is 2.08. The van der Waals surface area contributed by atoms with Gasteiger partial charge in [-0.25, -0.2) is 13.4 Å².